The molecule has 0 aliphatic carbocycles. The number of pyridine rings is 1. The van der Waals surface area contributed by atoms with Gasteiger partial charge in [-0.05, 0) is 18.6 Å². The third kappa shape index (κ3) is 2.94. The van der Waals surface area contributed by atoms with Crippen molar-refractivity contribution < 1.29 is 9.53 Å². The van der Waals surface area contributed by atoms with Crippen molar-refractivity contribution in [1.29, 1.82) is 0 Å². The largest absolute Gasteiger partial charge is 0.377 e. The Morgan fingerprint density at radius 1 is 1.50 bits per heavy atom. The molecular formula is C12H14Cl2N2O2. The lowest BCUT2D eigenvalue weighted by Gasteiger charge is -2.35. The summed E-state index contributed by atoms with van der Waals surface area (Å²) in [7, 11) is 0. The zero-order valence-electron chi connectivity index (χ0n) is 10.0. The highest BCUT2D eigenvalue weighted by molar-refractivity contribution is 6.33. The van der Waals surface area contributed by atoms with Gasteiger partial charge in [-0.15, -0.1) is 0 Å². The van der Waals surface area contributed by atoms with Crippen LogP contribution in [0.1, 0.15) is 23.7 Å². The van der Waals surface area contributed by atoms with E-state index in [0.717, 1.165) is 6.42 Å². The number of aromatic nitrogens is 1. The van der Waals surface area contributed by atoms with Crippen LogP contribution in [0.5, 0.6) is 0 Å². The monoisotopic (exact) mass is 288 g/mol. The molecule has 0 radical (unpaired) electrons. The van der Waals surface area contributed by atoms with E-state index in [2.05, 4.69) is 4.98 Å². The van der Waals surface area contributed by atoms with Crippen LogP contribution in [0.4, 0.5) is 0 Å². The Bertz CT molecular complexity index is 433. The van der Waals surface area contributed by atoms with Gasteiger partial charge >= 0.3 is 0 Å². The van der Waals surface area contributed by atoms with E-state index >= 15 is 0 Å². The summed E-state index contributed by atoms with van der Waals surface area (Å²) < 4.78 is 5.38. The van der Waals surface area contributed by atoms with Crippen molar-refractivity contribution >= 4 is 29.1 Å². The van der Waals surface area contributed by atoms with E-state index in [1.807, 2.05) is 11.8 Å². The summed E-state index contributed by atoms with van der Waals surface area (Å²) >= 11 is 11.6. The van der Waals surface area contributed by atoms with Gasteiger partial charge in [0.05, 0.1) is 19.3 Å². The van der Waals surface area contributed by atoms with Gasteiger partial charge in [-0.3, -0.25) is 4.79 Å². The minimum atomic E-state index is -0.0728. The molecule has 1 aliphatic heterocycles. The summed E-state index contributed by atoms with van der Waals surface area (Å²) in [6.07, 6.45) is 0.859. The van der Waals surface area contributed by atoms with Crippen LogP contribution in [0.2, 0.25) is 10.3 Å². The molecule has 1 aromatic heterocycles. The molecule has 1 atom stereocenters. The minimum absolute atomic E-state index is 0.0728. The molecule has 6 heteroatoms. The number of carbonyl (C=O) groups is 1. The van der Waals surface area contributed by atoms with Gasteiger partial charge in [-0.25, -0.2) is 4.98 Å². The number of hydrogen-bond donors (Lipinski definition) is 0. The van der Waals surface area contributed by atoms with Crippen molar-refractivity contribution in [3.8, 4) is 0 Å². The Hall–Kier alpha value is -0.840. The van der Waals surface area contributed by atoms with E-state index in [1.165, 1.54) is 12.1 Å². The standard InChI is InChI=1S/C12H14Cl2N2O2/c1-2-9-7-18-4-3-16(9)12(17)8-5-10(13)15-11(14)6-8/h5-6,9H,2-4,7H2,1H3. The van der Waals surface area contributed by atoms with Crippen LogP contribution in [-0.4, -0.2) is 41.6 Å². The number of hydrogen-bond acceptors (Lipinski definition) is 3. The number of nitrogens with zero attached hydrogens (tertiary/aromatic N) is 2. The lowest BCUT2D eigenvalue weighted by molar-refractivity contribution is -0.00280. The first-order valence-electron chi connectivity index (χ1n) is 5.83. The maximum Gasteiger partial charge on any atom is 0.254 e. The second-order valence-corrected chi connectivity index (χ2v) is 4.91. The summed E-state index contributed by atoms with van der Waals surface area (Å²) in [4.78, 5) is 18.0. The highest BCUT2D eigenvalue weighted by atomic mass is 35.5. The Morgan fingerprint density at radius 3 is 2.78 bits per heavy atom. The van der Waals surface area contributed by atoms with Gasteiger partial charge in [-0.1, -0.05) is 30.1 Å². The second-order valence-electron chi connectivity index (χ2n) is 4.14. The predicted octanol–water partition coefficient (Wildman–Crippen LogP) is 2.64. The fourth-order valence-corrected chi connectivity index (χ4v) is 2.48. The summed E-state index contributed by atoms with van der Waals surface area (Å²) in [6.45, 7) is 3.77. The number of morpholine rings is 1. The van der Waals surface area contributed by atoms with Gasteiger partial charge in [0.2, 0.25) is 0 Å². The Labute approximate surface area is 116 Å². The second kappa shape index (κ2) is 5.87. The first-order chi connectivity index (χ1) is 8.61. The Morgan fingerprint density at radius 2 is 2.17 bits per heavy atom. The van der Waals surface area contributed by atoms with E-state index in [0.29, 0.717) is 25.3 Å². The van der Waals surface area contributed by atoms with Crippen molar-refractivity contribution in [2.45, 2.75) is 19.4 Å². The molecular weight excluding hydrogens is 275 g/mol. The average Bonchev–Trinajstić information content (AvgIpc) is 2.36. The van der Waals surface area contributed by atoms with Gasteiger partial charge in [0, 0.05) is 12.1 Å². The molecule has 1 aliphatic rings. The van der Waals surface area contributed by atoms with Crippen LogP contribution in [0.15, 0.2) is 12.1 Å². The van der Waals surface area contributed by atoms with Gasteiger partial charge in [-0.2, -0.15) is 0 Å². The van der Waals surface area contributed by atoms with E-state index in [1.54, 1.807) is 0 Å². The minimum Gasteiger partial charge on any atom is -0.377 e. The van der Waals surface area contributed by atoms with Crippen LogP contribution in [-0.2, 0) is 4.74 Å². The van der Waals surface area contributed by atoms with Crippen LogP contribution in [0, 0.1) is 0 Å². The molecule has 2 heterocycles. The zero-order chi connectivity index (χ0) is 13.1. The van der Waals surface area contributed by atoms with Crippen molar-refractivity contribution in [2.75, 3.05) is 19.8 Å². The van der Waals surface area contributed by atoms with Crippen LogP contribution in [0.3, 0.4) is 0 Å². The maximum atomic E-state index is 12.4. The first-order valence-corrected chi connectivity index (χ1v) is 6.59. The summed E-state index contributed by atoms with van der Waals surface area (Å²) in [5.74, 6) is -0.0728. The lowest BCUT2D eigenvalue weighted by Crippen LogP contribution is -2.48. The molecule has 0 aromatic carbocycles. The summed E-state index contributed by atoms with van der Waals surface area (Å²) in [6, 6.07) is 3.19. The molecule has 1 saturated heterocycles. The van der Waals surface area contributed by atoms with E-state index < -0.39 is 0 Å². The number of amides is 1. The SMILES string of the molecule is CCC1COCCN1C(=O)c1cc(Cl)nc(Cl)c1. The fraction of sp³-hybridized carbons (Fsp3) is 0.500. The van der Waals surface area contributed by atoms with E-state index in [9.17, 15) is 4.79 Å². The average molecular weight is 289 g/mol. The molecule has 0 bridgehead atoms. The Balaban J connectivity index is 2.23. The molecule has 1 unspecified atom stereocenters. The van der Waals surface area contributed by atoms with Gasteiger partial charge < -0.3 is 9.64 Å². The molecule has 1 fully saturated rings. The molecule has 4 nitrogen and oxygen atoms in total. The lowest BCUT2D eigenvalue weighted by atomic mass is 10.1. The molecule has 98 valence electrons. The maximum absolute atomic E-state index is 12.4. The summed E-state index contributed by atoms with van der Waals surface area (Å²) in [5, 5.41) is 0.458. The molecule has 1 aromatic rings. The number of ether oxygens (including phenoxy) is 1. The van der Waals surface area contributed by atoms with Crippen molar-refractivity contribution in [3.05, 3.63) is 28.0 Å². The topological polar surface area (TPSA) is 42.4 Å². The van der Waals surface area contributed by atoms with Crippen LogP contribution >= 0.6 is 23.2 Å². The quantitative estimate of drug-likeness (QED) is 0.786. The molecule has 0 N–H and O–H groups in total. The Kier molecular flexibility index (Phi) is 4.43. The molecule has 2 rings (SSSR count). The summed E-state index contributed by atoms with van der Waals surface area (Å²) in [5.41, 5.74) is 0.473. The van der Waals surface area contributed by atoms with Gasteiger partial charge in [0.25, 0.3) is 5.91 Å². The van der Waals surface area contributed by atoms with E-state index in [4.69, 9.17) is 27.9 Å². The predicted molar refractivity (Wildman–Crippen MR) is 70.2 cm³/mol. The zero-order valence-corrected chi connectivity index (χ0v) is 11.5. The van der Waals surface area contributed by atoms with E-state index in [-0.39, 0.29) is 22.3 Å². The number of rotatable bonds is 2. The third-order valence-corrected chi connectivity index (χ3v) is 3.36. The van der Waals surface area contributed by atoms with Gasteiger partial charge in [0.15, 0.2) is 0 Å². The first kappa shape index (κ1) is 13.6. The van der Waals surface area contributed by atoms with Crippen LogP contribution in [0.25, 0.3) is 0 Å². The highest BCUT2D eigenvalue weighted by Crippen LogP contribution is 2.19. The fourth-order valence-electron chi connectivity index (χ4n) is 2.01. The highest BCUT2D eigenvalue weighted by Gasteiger charge is 2.27. The normalized spacial score (nSPS) is 19.9. The van der Waals surface area contributed by atoms with Crippen molar-refractivity contribution in [2.24, 2.45) is 0 Å². The number of halogens is 2. The molecule has 0 spiro atoms. The van der Waals surface area contributed by atoms with Gasteiger partial charge in [0.1, 0.15) is 10.3 Å². The molecule has 0 saturated carbocycles. The smallest absolute Gasteiger partial charge is 0.254 e. The number of carbonyl (C=O) groups excluding carboxylic acids is 1. The van der Waals surface area contributed by atoms with Crippen LogP contribution < -0.4 is 0 Å². The van der Waals surface area contributed by atoms with Crippen molar-refractivity contribution in [1.82, 2.24) is 9.88 Å². The third-order valence-electron chi connectivity index (χ3n) is 2.97. The molecule has 18 heavy (non-hydrogen) atoms. The van der Waals surface area contributed by atoms with Crippen molar-refractivity contribution in [3.63, 3.8) is 0 Å². The molecule has 1 amide bonds.